The van der Waals surface area contributed by atoms with Gasteiger partial charge in [0.05, 0.1) is 31.5 Å². The Morgan fingerprint density at radius 1 is 1.28 bits per heavy atom. The normalized spacial score (nSPS) is 11.0. The first-order valence-electron chi connectivity index (χ1n) is 8.29. The monoisotopic (exact) mass is 342 g/mol. The van der Waals surface area contributed by atoms with Crippen LogP contribution in [0, 0.1) is 0 Å². The molecule has 0 aliphatic heterocycles. The number of nitrogens with zero attached hydrogens (tertiary/aromatic N) is 1. The van der Waals surface area contributed by atoms with Crippen LogP contribution in [0.15, 0.2) is 47.1 Å². The largest absolute Gasteiger partial charge is 0.493 e. The highest BCUT2D eigenvalue weighted by Gasteiger charge is 2.18. The Labute approximate surface area is 146 Å². The summed E-state index contributed by atoms with van der Waals surface area (Å²) in [6.45, 7) is 3.95. The number of aromatic nitrogens is 1. The number of hydrogen-bond donors (Lipinski definition) is 1. The average molecular weight is 342 g/mol. The van der Waals surface area contributed by atoms with Gasteiger partial charge in [-0.3, -0.25) is 4.79 Å². The van der Waals surface area contributed by atoms with Crippen molar-refractivity contribution in [2.75, 3.05) is 20.3 Å². The quantitative estimate of drug-likeness (QED) is 0.683. The second-order valence-electron chi connectivity index (χ2n) is 5.56. The molecular formula is C19H22N2O4. The van der Waals surface area contributed by atoms with Crippen LogP contribution in [0.4, 0.5) is 0 Å². The van der Waals surface area contributed by atoms with Gasteiger partial charge in [-0.2, -0.15) is 0 Å². The lowest BCUT2D eigenvalue weighted by Crippen LogP contribution is -2.25. The van der Waals surface area contributed by atoms with Crippen molar-refractivity contribution >= 4 is 16.8 Å². The Balaban J connectivity index is 1.93. The number of amides is 1. The number of furan rings is 1. The van der Waals surface area contributed by atoms with E-state index in [-0.39, 0.29) is 5.91 Å². The van der Waals surface area contributed by atoms with Gasteiger partial charge >= 0.3 is 0 Å². The van der Waals surface area contributed by atoms with E-state index in [1.54, 1.807) is 19.4 Å². The number of benzene rings is 1. The highest BCUT2D eigenvalue weighted by Crippen LogP contribution is 2.29. The van der Waals surface area contributed by atoms with Crippen LogP contribution >= 0.6 is 0 Å². The Kier molecular flexibility index (Phi) is 5.40. The fraction of sp³-hybridized carbons (Fsp3) is 0.316. The predicted octanol–water partition coefficient (Wildman–Crippen LogP) is 3.21. The predicted molar refractivity (Wildman–Crippen MR) is 94.9 cm³/mol. The van der Waals surface area contributed by atoms with Gasteiger partial charge in [0.15, 0.2) is 0 Å². The number of rotatable bonds is 8. The first kappa shape index (κ1) is 17.1. The minimum atomic E-state index is -0.161. The Morgan fingerprint density at radius 2 is 2.16 bits per heavy atom. The number of carbonyl (C=O) groups is 1. The van der Waals surface area contributed by atoms with Crippen molar-refractivity contribution in [2.24, 2.45) is 0 Å². The summed E-state index contributed by atoms with van der Waals surface area (Å²) in [5, 5.41) is 3.82. The van der Waals surface area contributed by atoms with Crippen molar-refractivity contribution in [1.82, 2.24) is 9.88 Å². The van der Waals surface area contributed by atoms with Crippen LogP contribution in [0.2, 0.25) is 0 Å². The zero-order chi connectivity index (χ0) is 17.6. The summed E-state index contributed by atoms with van der Waals surface area (Å²) in [5.41, 5.74) is 1.52. The Morgan fingerprint density at radius 3 is 2.88 bits per heavy atom. The summed E-state index contributed by atoms with van der Waals surface area (Å²) >= 11 is 0. The number of carbonyl (C=O) groups excluding carboxylic acids is 1. The third kappa shape index (κ3) is 3.69. The number of methoxy groups -OCH3 is 1. The molecule has 1 aromatic carbocycles. The van der Waals surface area contributed by atoms with E-state index in [1.165, 1.54) is 0 Å². The Hall–Kier alpha value is -2.73. The second-order valence-corrected chi connectivity index (χ2v) is 5.56. The number of fused-ring (bicyclic) bond motifs is 1. The highest BCUT2D eigenvalue weighted by molar-refractivity contribution is 6.00. The molecule has 2 heterocycles. The molecule has 0 fully saturated rings. The molecule has 3 aromatic rings. The molecule has 0 radical (unpaired) electrons. The van der Waals surface area contributed by atoms with Crippen LogP contribution in [0.5, 0.6) is 5.75 Å². The fourth-order valence-electron chi connectivity index (χ4n) is 2.82. The number of hydrogen-bond acceptors (Lipinski definition) is 4. The standard InChI is InChI=1S/C19H22N2O4/c1-3-24-18-8-4-7-16-15(18)12-17(21(16)9-11-23-2)19(22)20-13-14-6-5-10-25-14/h4-8,10,12H,3,9,11,13H2,1-2H3,(H,20,22). The van der Waals surface area contributed by atoms with Gasteiger partial charge in [-0.1, -0.05) is 6.07 Å². The molecule has 0 bridgehead atoms. The molecule has 1 N–H and O–H groups in total. The molecule has 0 aliphatic carbocycles. The molecule has 2 aromatic heterocycles. The van der Waals surface area contributed by atoms with Gasteiger partial charge < -0.3 is 23.8 Å². The third-order valence-electron chi connectivity index (χ3n) is 3.96. The molecule has 6 heteroatoms. The summed E-state index contributed by atoms with van der Waals surface area (Å²) in [4.78, 5) is 12.7. The summed E-state index contributed by atoms with van der Waals surface area (Å²) in [6, 6.07) is 11.3. The van der Waals surface area contributed by atoms with Gasteiger partial charge in [0.1, 0.15) is 17.2 Å². The summed E-state index contributed by atoms with van der Waals surface area (Å²) in [6.07, 6.45) is 1.59. The summed E-state index contributed by atoms with van der Waals surface area (Å²) in [7, 11) is 1.65. The smallest absolute Gasteiger partial charge is 0.268 e. The third-order valence-corrected chi connectivity index (χ3v) is 3.96. The maximum Gasteiger partial charge on any atom is 0.268 e. The zero-order valence-electron chi connectivity index (χ0n) is 14.5. The first-order valence-corrected chi connectivity index (χ1v) is 8.29. The zero-order valence-corrected chi connectivity index (χ0v) is 14.5. The van der Waals surface area contributed by atoms with Crippen molar-refractivity contribution in [1.29, 1.82) is 0 Å². The van der Waals surface area contributed by atoms with Gasteiger partial charge in [-0.25, -0.2) is 0 Å². The van der Waals surface area contributed by atoms with E-state index in [1.807, 2.05) is 41.8 Å². The first-order chi connectivity index (χ1) is 12.2. The molecule has 6 nitrogen and oxygen atoms in total. The lowest BCUT2D eigenvalue weighted by atomic mass is 10.2. The van der Waals surface area contributed by atoms with Crippen molar-refractivity contribution < 1.29 is 18.7 Å². The van der Waals surface area contributed by atoms with Crippen molar-refractivity contribution in [3.05, 3.63) is 54.1 Å². The molecular weight excluding hydrogens is 320 g/mol. The molecule has 0 unspecified atom stereocenters. The molecule has 1 amide bonds. The van der Waals surface area contributed by atoms with Gasteiger partial charge in [0, 0.05) is 19.0 Å². The van der Waals surface area contributed by atoms with Crippen molar-refractivity contribution in [3.63, 3.8) is 0 Å². The molecule has 0 atom stereocenters. The van der Waals surface area contributed by atoms with Gasteiger partial charge in [-0.05, 0) is 37.3 Å². The van der Waals surface area contributed by atoms with E-state index in [0.717, 1.165) is 16.7 Å². The van der Waals surface area contributed by atoms with Crippen LogP contribution < -0.4 is 10.1 Å². The van der Waals surface area contributed by atoms with E-state index < -0.39 is 0 Å². The molecule has 0 aliphatic rings. The minimum Gasteiger partial charge on any atom is -0.493 e. The van der Waals surface area contributed by atoms with Crippen LogP contribution in [-0.2, 0) is 17.8 Å². The van der Waals surface area contributed by atoms with Gasteiger partial charge in [0.25, 0.3) is 5.91 Å². The molecule has 132 valence electrons. The molecule has 0 saturated carbocycles. The number of ether oxygens (including phenoxy) is 2. The van der Waals surface area contributed by atoms with E-state index in [4.69, 9.17) is 13.9 Å². The molecule has 3 rings (SSSR count). The average Bonchev–Trinajstić information content (AvgIpc) is 3.26. The van der Waals surface area contributed by atoms with Gasteiger partial charge in [-0.15, -0.1) is 0 Å². The van der Waals surface area contributed by atoms with Crippen LogP contribution in [0.3, 0.4) is 0 Å². The highest BCUT2D eigenvalue weighted by atomic mass is 16.5. The van der Waals surface area contributed by atoms with E-state index in [9.17, 15) is 4.79 Å². The lowest BCUT2D eigenvalue weighted by molar-refractivity contribution is 0.0936. The van der Waals surface area contributed by atoms with Crippen LogP contribution in [-0.4, -0.2) is 30.8 Å². The maximum absolute atomic E-state index is 12.7. The summed E-state index contributed by atoms with van der Waals surface area (Å²) in [5.74, 6) is 1.32. The van der Waals surface area contributed by atoms with Crippen molar-refractivity contribution in [2.45, 2.75) is 20.0 Å². The molecule has 25 heavy (non-hydrogen) atoms. The van der Waals surface area contributed by atoms with E-state index in [0.29, 0.717) is 37.8 Å². The molecule has 0 spiro atoms. The van der Waals surface area contributed by atoms with Gasteiger partial charge in [0.2, 0.25) is 0 Å². The van der Waals surface area contributed by atoms with E-state index >= 15 is 0 Å². The van der Waals surface area contributed by atoms with E-state index in [2.05, 4.69) is 5.32 Å². The topological polar surface area (TPSA) is 65.6 Å². The molecule has 0 saturated heterocycles. The summed E-state index contributed by atoms with van der Waals surface area (Å²) < 4.78 is 18.1. The fourth-order valence-corrected chi connectivity index (χ4v) is 2.82. The van der Waals surface area contributed by atoms with Crippen LogP contribution in [0.1, 0.15) is 23.2 Å². The number of nitrogens with one attached hydrogen (secondary N) is 1. The van der Waals surface area contributed by atoms with Crippen LogP contribution in [0.25, 0.3) is 10.9 Å². The maximum atomic E-state index is 12.7. The van der Waals surface area contributed by atoms with Crippen molar-refractivity contribution in [3.8, 4) is 5.75 Å². The lowest BCUT2D eigenvalue weighted by Gasteiger charge is -2.10. The second kappa shape index (κ2) is 7.90. The minimum absolute atomic E-state index is 0.161. The Bertz CT molecular complexity index is 837. The SMILES string of the molecule is CCOc1cccc2c1cc(C(=O)NCc1ccco1)n2CCOC.